The number of hydrogen-bond donors (Lipinski definition) is 2. The number of aromatic nitrogens is 2. The van der Waals surface area contributed by atoms with Gasteiger partial charge in [0.1, 0.15) is 5.75 Å². The minimum atomic E-state index is -0.148. The van der Waals surface area contributed by atoms with Crippen molar-refractivity contribution in [3.05, 3.63) is 64.3 Å². The second-order valence-corrected chi connectivity index (χ2v) is 10.4. The second kappa shape index (κ2) is 7.99. The predicted octanol–water partition coefficient (Wildman–Crippen LogP) is 6.65. The van der Waals surface area contributed by atoms with Crippen LogP contribution in [0.2, 0.25) is 5.02 Å². The maximum Gasteiger partial charge on any atom is 0.203 e. The summed E-state index contributed by atoms with van der Waals surface area (Å²) >= 11 is 6.01. The Morgan fingerprint density at radius 2 is 1.50 bits per heavy atom. The molecule has 1 aromatic heterocycles. The van der Waals surface area contributed by atoms with Crippen LogP contribution in [0.15, 0.2) is 42.6 Å². The van der Waals surface area contributed by atoms with Crippen molar-refractivity contribution in [2.24, 2.45) is 7.05 Å². The Morgan fingerprint density at radius 3 is 2.00 bits per heavy atom. The van der Waals surface area contributed by atoms with Crippen molar-refractivity contribution in [3.8, 4) is 17.0 Å². The molecule has 2 aromatic carbocycles. The summed E-state index contributed by atoms with van der Waals surface area (Å²) < 4.78 is 2.04. The van der Waals surface area contributed by atoms with Crippen LogP contribution in [0.5, 0.6) is 5.75 Å². The normalized spacial score (nSPS) is 12.3. The van der Waals surface area contributed by atoms with Crippen LogP contribution in [0.4, 0.5) is 5.95 Å². The van der Waals surface area contributed by atoms with Crippen molar-refractivity contribution in [3.63, 3.8) is 0 Å². The Labute approximate surface area is 184 Å². The van der Waals surface area contributed by atoms with Crippen molar-refractivity contribution < 1.29 is 5.11 Å². The number of phenols is 1. The lowest BCUT2D eigenvalue weighted by molar-refractivity contribution is 0.423. The zero-order chi connectivity index (χ0) is 22.3. The quantitative estimate of drug-likeness (QED) is 0.491. The summed E-state index contributed by atoms with van der Waals surface area (Å²) in [5.74, 6) is 1.20. The van der Waals surface area contributed by atoms with Crippen molar-refractivity contribution in [2.75, 3.05) is 5.32 Å². The first-order valence-electron chi connectivity index (χ1n) is 10.3. The summed E-state index contributed by atoms with van der Waals surface area (Å²) in [6.45, 7) is 13.4. The fourth-order valence-corrected chi connectivity index (χ4v) is 3.71. The molecule has 0 aliphatic rings. The summed E-state index contributed by atoms with van der Waals surface area (Å²) in [6.07, 6.45) is 1.86. The molecule has 0 radical (unpaired) electrons. The first-order valence-corrected chi connectivity index (χ1v) is 10.6. The molecule has 0 aliphatic heterocycles. The van der Waals surface area contributed by atoms with Gasteiger partial charge in [0.25, 0.3) is 0 Å². The smallest absolute Gasteiger partial charge is 0.203 e. The van der Waals surface area contributed by atoms with E-state index >= 15 is 0 Å². The van der Waals surface area contributed by atoms with E-state index in [0.717, 1.165) is 38.9 Å². The SMILES string of the molecule is Cn1c(-c2ccc(Cl)cc2)cnc1NCc1cc(C(C)(C)C)c(O)c(C(C)(C)C)c1. The Morgan fingerprint density at radius 1 is 0.967 bits per heavy atom. The first-order chi connectivity index (χ1) is 13.9. The number of anilines is 1. The summed E-state index contributed by atoms with van der Waals surface area (Å²) in [5.41, 5.74) is 4.85. The van der Waals surface area contributed by atoms with Crippen molar-refractivity contribution in [2.45, 2.75) is 58.9 Å². The molecule has 0 atom stereocenters. The summed E-state index contributed by atoms with van der Waals surface area (Å²) in [7, 11) is 2.00. The third-order valence-electron chi connectivity index (χ3n) is 5.36. The van der Waals surface area contributed by atoms with Crippen LogP contribution < -0.4 is 5.32 Å². The van der Waals surface area contributed by atoms with Gasteiger partial charge in [-0.15, -0.1) is 0 Å². The Kier molecular flexibility index (Phi) is 5.92. The van der Waals surface area contributed by atoms with Gasteiger partial charge in [0.05, 0.1) is 11.9 Å². The number of aromatic hydroxyl groups is 1. The van der Waals surface area contributed by atoms with E-state index in [0.29, 0.717) is 12.3 Å². The fourth-order valence-electron chi connectivity index (χ4n) is 3.58. The lowest BCUT2D eigenvalue weighted by Crippen LogP contribution is -2.18. The average molecular weight is 426 g/mol. The zero-order valence-electron chi connectivity index (χ0n) is 19.0. The lowest BCUT2D eigenvalue weighted by Gasteiger charge is -2.28. The van der Waals surface area contributed by atoms with Gasteiger partial charge in [-0.1, -0.05) is 65.3 Å². The van der Waals surface area contributed by atoms with Gasteiger partial charge in [0, 0.05) is 18.6 Å². The molecule has 0 saturated carbocycles. The van der Waals surface area contributed by atoms with Crippen LogP contribution in [0.25, 0.3) is 11.3 Å². The van der Waals surface area contributed by atoms with E-state index < -0.39 is 0 Å². The van der Waals surface area contributed by atoms with Crippen LogP contribution >= 0.6 is 11.6 Å². The second-order valence-electron chi connectivity index (χ2n) is 9.93. The largest absolute Gasteiger partial charge is 0.507 e. The maximum absolute atomic E-state index is 10.9. The third-order valence-corrected chi connectivity index (χ3v) is 5.62. The van der Waals surface area contributed by atoms with E-state index in [1.165, 1.54) is 0 Å². The number of hydrogen-bond acceptors (Lipinski definition) is 3. The number of nitrogens with one attached hydrogen (secondary N) is 1. The van der Waals surface area contributed by atoms with E-state index in [1.807, 2.05) is 42.1 Å². The minimum absolute atomic E-state index is 0.148. The van der Waals surface area contributed by atoms with Gasteiger partial charge in [0.2, 0.25) is 5.95 Å². The van der Waals surface area contributed by atoms with E-state index in [4.69, 9.17) is 11.6 Å². The predicted molar refractivity (Wildman–Crippen MR) is 126 cm³/mol. The van der Waals surface area contributed by atoms with Crippen LogP contribution in [0.1, 0.15) is 58.2 Å². The van der Waals surface area contributed by atoms with Gasteiger partial charge in [-0.2, -0.15) is 0 Å². The van der Waals surface area contributed by atoms with Gasteiger partial charge in [0.15, 0.2) is 0 Å². The third kappa shape index (κ3) is 4.65. The molecular weight excluding hydrogens is 394 g/mol. The monoisotopic (exact) mass is 425 g/mol. The van der Waals surface area contributed by atoms with Crippen molar-refractivity contribution in [1.82, 2.24) is 9.55 Å². The van der Waals surface area contributed by atoms with Crippen LogP contribution in [0, 0.1) is 0 Å². The number of rotatable bonds is 4. The fraction of sp³-hybridized carbons (Fsp3) is 0.400. The Balaban J connectivity index is 1.90. The lowest BCUT2D eigenvalue weighted by atomic mass is 9.78. The standard InChI is InChI=1S/C25H32ClN3O/c1-24(2,3)19-12-16(13-20(22(19)30)25(4,5)6)14-27-23-28-15-21(29(23)7)17-8-10-18(26)11-9-17/h8-13,15,30H,14H2,1-7H3,(H,27,28). The summed E-state index contributed by atoms with van der Waals surface area (Å²) in [4.78, 5) is 4.56. The number of nitrogens with zero attached hydrogens (tertiary/aromatic N) is 2. The average Bonchev–Trinajstić information content (AvgIpc) is 3.00. The molecule has 0 spiro atoms. The molecule has 3 aromatic rings. The van der Waals surface area contributed by atoms with Gasteiger partial charge in [-0.3, -0.25) is 0 Å². The Hall–Kier alpha value is -2.46. The molecular formula is C25H32ClN3O. The van der Waals surface area contributed by atoms with Crippen LogP contribution in [0.3, 0.4) is 0 Å². The van der Waals surface area contributed by atoms with Gasteiger partial charge in [-0.05, 0) is 57.3 Å². The number of halogens is 1. The molecule has 0 aliphatic carbocycles. The number of phenolic OH excluding ortho intramolecular Hbond substituents is 1. The summed E-state index contributed by atoms with van der Waals surface area (Å²) in [6, 6.07) is 12.0. The number of imidazole rings is 1. The maximum atomic E-state index is 10.9. The van der Waals surface area contributed by atoms with Gasteiger partial charge >= 0.3 is 0 Å². The topological polar surface area (TPSA) is 50.1 Å². The molecule has 160 valence electrons. The molecule has 3 rings (SSSR count). The highest BCUT2D eigenvalue weighted by Crippen LogP contribution is 2.40. The highest BCUT2D eigenvalue weighted by atomic mass is 35.5. The molecule has 0 amide bonds. The molecule has 2 N–H and O–H groups in total. The van der Waals surface area contributed by atoms with E-state index in [1.54, 1.807) is 0 Å². The van der Waals surface area contributed by atoms with E-state index in [2.05, 4.69) is 64.0 Å². The molecule has 0 unspecified atom stereocenters. The van der Waals surface area contributed by atoms with Crippen LogP contribution in [-0.2, 0) is 24.4 Å². The molecule has 0 fully saturated rings. The first kappa shape index (κ1) is 22.2. The minimum Gasteiger partial charge on any atom is -0.507 e. The molecule has 30 heavy (non-hydrogen) atoms. The van der Waals surface area contributed by atoms with E-state index in [9.17, 15) is 5.11 Å². The number of benzene rings is 2. The molecule has 5 heteroatoms. The van der Waals surface area contributed by atoms with Gasteiger partial charge < -0.3 is 15.0 Å². The Bertz CT molecular complexity index is 1000. The molecule has 0 bridgehead atoms. The van der Waals surface area contributed by atoms with Crippen molar-refractivity contribution >= 4 is 17.5 Å². The molecule has 4 nitrogen and oxygen atoms in total. The van der Waals surface area contributed by atoms with Crippen LogP contribution in [-0.4, -0.2) is 14.7 Å². The van der Waals surface area contributed by atoms with Crippen molar-refractivity contribution in [1.29, 1.82) is 0 Å². The van der Waals surface area contributed by atoms with Gasteiger partial charge in [-0.25, -0.2) is 4.98 Å². The van der Waals surface area contributed by atoms with E-state index in [-0.39, 0.29) is 10.8 Å². The molecule has 1 heterocycles. The summed E-state index contributed by atoms with van der Waals surface area (Å²) in [5, 5.41) is 15.1. The highest BCUT2D eigenvalue weighted by Gasteiger charge is 2.26. The highest BCUT2D eigenvalue weighted by molar-refractivity contribution is 6.30. The zero-order valence-corrected chi connectivity index (χ0v) is 19.7. The molecule has 0 saturated heterocycles.